The molecule has 2 aromatic carbocycles. The summed E-state index contributed by atoms with van der Waals surface area (Å²) in [5, 5.41) is 4.80. The number of methoxy groups -OCH3 is 1. The van der Waals surface area contributed by atoms with Gasteiger partial charge >= 0.3 is 0 Å². The van der Waals surface area contributed by atoms with Crippen molar-refractivity contribution in [2.75, 3.05) is 7.11 Å². The average molecular weight is 364 g/mol. The van der Waals surface area contributed by atoms with Crippen LogP contribution in [0.25, 0.3) is 22.6 Å². The van der Waals surface area contributed by atoms with Crippen LogP contribution >= 0.6 is 11.3 Å². The summed E-state index contributed by atoms with van der Waals surface area (Å²) >= 11 is 1.43. The third kappa shape index (κ3) is 3.32. The molecule has 0 atom stereocenters. The molecule has 1 N–H and O–H groups in total. The number of oxazole rings is 1. The number of fused-ring (bicyclic) bond motifs is 1. The van der Waals surface area contributed by atoms with Gasteiger partial charge in [0.2, 0.25) is 5.89 Å². The second-order valence-corrected chi connectivity index (χ2v) is 6.66. The molecule has 0 spiro atoms. The Morgan fingerprint density at radius 2 is 2.04 bits per heavy atom. The number of aromatic nitrogens is 1. The van der Waals surface area contributed by atoms with Gasteiger partial charge in [0.1, 0.15) is 11.3 Å². The molecule has 2 aromatic heterocycles. The number of carbonyl (C=O) groups is 1. The number of thiophene rings is 1. The highest BCUT2D eigenvalue weighted by molar-refractivity contribution is 7.12. The maximum absolute atomic E-state index is 12.0. The predicted octanol–water partition coefficient (Wildman–Crippen LogP) is 4.49. The first-order chi connectivity index (χ1) is 12.7. The summed E-state index contributed by atoms with van der Waals surface area (Å²) in [7, 11) is 1.62. The second-order valence-electron chi connectivity index (χ2n) is 5.71. The normalized spacial score (nSPS) is 10.8. The molecule has 5 nitrogen and oxygen atoms in total. The van der Waals surface area contributed by atoms with Crippen LogP contribution in [0.2, 0.25) is 0 Å². The van der Waals surface area contributed by atoms with E-state index in [9.17, 15) is 4.79 Å². The van der Waals surface area contributed by atoms with Gasteiger partial charge in [-0.05, 0) is 41.3 Å². The van der Waals surface area contributed by atoms with E-state index in [1.807, 2.05) is 60.0 Å². The molecular formula is C20H16N2O3S. The van der Waals surface area contributed by atoms with Gasteiger partial charge in [0.15, 0.2) is 5.58 Å². The van der Waals surface area contributed by atoms with Crippen LogP contribution in [-0.2, 0) is 6.54 Å². The van der Waals surface area contributed by atoms with E-state index in [0.29, 0.717) is 22.9 Å². The van der Waals surface area contributed by atoms with Crippen molar-refractivity contribution < 1.29 is 13.9 Å². The molecule has 0 saturated heterocycles. The van der Waals surface area contributed by atoms with Gasteiger partial charge in [-0.1, -0.05) is 18.2 Å². The number of ether oxygens (including phenoxy) is 1. The van der Waals surface area contributed by atoms with Crippen LogP contribution < -0.4 is 10.1 Å². The molecule has 0 aliphatic carbocycles. The van der Waals surface area contributed by atoms with E-state index in [-0.39, 0.29) is 5.91 Å². The Balaban J connectivity index is 1.48. The third-order valence-electron chi connectivity index (χ3n) is 3.99. The predicted molar refractivity (Wildman–Crippen MR) is 101 cm³/mol. The molecule has 0 fully saturated rings. The Kier molecular flexibility index (Phi) is 4.41. The maximum atomic E-state index is 12.0. The van der Waals surface area contributed by atoms with Crippen molar-refractivity contribution in [1.82, 2.24) is 10.3 Å². The minimum Gasteiger partial charge on any atom is -0.497 e. The second kappa shape index (κ2) is 7.01. The average Bonchev–Trinajstić information content (AvgIpc) is 3.35. The minimum absolute atomic E-state index is 0.0584. The first-order valence-electron chi connectivity index (χ1n) is 8.08. The molecule has 4 aromatic rings. The fourth-order valence-electron chi connectivity index (χ4n) is 2.60. The maximum Gasteiger partial charge on any atom is 0.261 e. The van der Waals surface area contributed by atoms with Gasteiger partial charge in [0.25, 0.3) is 5.91 Å². The summed E-state index contributed by atoms with van der Waals surface area (Å²) in [4.78, 5) is 17.2. The number of amides is 1. The highest BCUT2D eigenvalue weighted by Gasteiger charge is 2.10. The minimum atomic E-state index is -0.0584. The molecule has 0 bridgehead atoms. The zero-order valence-corrected chi connectivity index (χ0v) is 14.9. The number of nitrogens with one attached hydrogen (secondary N) is 1. The third-order valence-corrected chi connectivity index (χ3v) is 4.86. The summed E-state index contributed by atoms with van der Waals surface area (Å²) in [5.74, 6) is 1.24. The van der Waals surface area contributed by atoms with Crippen LogP contribution in [0.4, 0.5) is 0 Å². The topological polar surface area (TPSA) is 64.4 Å². The first-order valence-corrected chi connectivity index (χ1v) is 8.96. The van der Waals surface area contributed by atoms with E-state index in [2.05, 4.69) is 10.3 Å². The van der Waals surface area contributed by atoms with Gasteiger partial charge in [0, 0.05) is 18.2 Å². The molecule has 0 aliphatic heterocycles. The van der Waals surface area contributed by atoms with E-state index in [1.165, 1.54) is 11.3 Å². The van der Waals surface area contributed by atoms with Gasteiger partial charge in [-0.15, -0.1) is 11.3 Å². The van der Waals surface area contributed by atoms with Crippen LogP contribution in [0, 0.1) is 0 Å². The lowest BCUT2D eigenvalue weighted by Gasteiger charge is -2.04. The molecular weight excluding hydrogens is 348 g/mol. The van der Waals surface area contributed by atoms with Crippen LogP contribution in [-0.4, -0.2) is 18.0 Å². The Hall–Kier alpha value is -3.12. The fourth-order valence-corrected chi connectivity index (χ4v) is 3.24. The van der Waals surface area contributed by atoms with E-state index in [0.717, 1.165) is 22.4 Å². The molecule has 2 heterocycles. The zero-order valence-electron chi connectivity index (χ0n) is 14.1. The van der Waals surface area contributed by atoms with Gasteiger partial charge in [0.05, 0.1) is 12.0 Å². The van der Waals surface area contributed by atoms with Crippen LogP contribution in [0.3, 0.4) is 0 Å². The van der Waals surface area contributed by atoms with E-state index < -0.39 is 0 Å². The van der Waals surface area contributed by atoms with E-state index in [1.54, 1.807) is 7.11 Å². The summed E-state index contributed by atoms with van der Waals surface area (Å²) < 4.78 is 11.0. The quantitative estimate of drug-likeness (QED) is 0.566. The lowest BCUT2D eigenvalue weighted by atomic mass is 10.1. The Morgan fingerprint density at radius 3 is 2.77 bits per heavy atom. The number of carbonyl (C=O) groups excluding carboxylic acids is 1. The molecule has 0 radical (unpaired) electrons. The largest absolute Gasteiger partial charge is 0.497 e. The monoisotopic (exact) mass is 364 g/mol. The van der Waals surface area contributed by atoms with E-state index >= 15 is 0 Å². The van der Waals surface area contributed by atoms with Gasteiger partial charge < -0.3 is 14.5 Å². The summed E-state index contributed by atoms with van der Waals surface area (Å²) in [6.45, 7) is 0.474. The Bertz CT molecular complexity index is 1040. The number of hydrogen-bond donors (Lipinski definition) is 1. The Labute approximate surface area is 154 Å². The Morgan fingerprint density at radius 1 is 1.19 bits per heavy atom. The zero-order chi connectivity index (χ0) is 17.9. The van der Waals surface area contributed by atoms with Gasteiger partial charge in [-0.25, -0.2) is 4.98 Å². The number of nitrogens with zero attached hydrogens (tertiary/aromatic N) is 1. The van der Waals surface area contributed by atoms with E-state index in [4.69, 9.17) is 9.15 Å². The summed E-state index contributed by atoms with van der Waals surface area (Å²) in [5.41, 5.74) is 3.37. The van der Waals surface area contributed by atoms with Gasteiger partial charge in [-0.2, -0.15) is 0 Å². The SMILES string of the molecule is COc1ccc2oc(-c3ccc(CNC(=O)c4cccs4)cc3)nc2c1. The number of hydrogen-bond acceptors (Lipinski definition) is 5. The van der Waals surface area contributed by atoms with Crippen molar-refractivity contribution in [3.05, 3.63) is 70.4 Å². The molecule has 0 aliphatic rings. The standard InChI is InChI=1S/C20H16N2O3S/c1-24-15-8-9-17-16(11-15)22-20(25-17)14-6-4-13(5-7-14)12-21-19(23)18-3-2-10-26-18/h2-11H,12H2,1H3,(H,21,23). The van der Waals surface area contributed by atoms with Crippen molar-refractivity contribution in [2.24, 2.45) is 0 Å². The molecule has 1 amide bonds. The molecule has 26 heavy (non-hydrogen) atoms. The molecule has 4 rings (SSSR count). The molecule has 0 unspecified atom stereocenters. The lowest BCUT2D eigenvalue weighted by molar-refractivity contribution is 0.0955. The molecule has 0 saturated carbocycles. The van der Waals surface area contributed by atoms with Crippen molar-refractivity contribution in [3.8, 4) is 17.2 Å². The van der Waals surface area contributed by atoms with Crippen molar-refractivity contribution >= 4 is 28.3 Å². The summed E-state index contributed by atoms with van der Waals surface area (Å²) in [6.07, 6.45) is 0. The van der Waals surface area contributed by atoms with Crippen molar-refractivity contribution in [1.29, 1.82) is 0 Å². The van der Waals surface area contributed by atoms with Gasteiger partial charge in [-0.3, -0.25) is 4.79 Å². The molecule has 6 heteroatoms. The van der Waals surface area contributed by atoms with Crippen LogP contribution in [0.5, 0.6) is 5.75 Å². The highest BCUT2D eigenvalue weighted by Crippen LogP contribution is 2.27. The number of rotatable bonds is 5. The smallest absolute Gasteiger partial charge is 0.261 e. The van der Waals surface area contributed by atoms with Crippen molar-refractivity contribution in [3.63, 3.8) is 0 Å². The molecule has 130 valence electrons. The first kappa shape index (κ1) is 16.4. The fraction of sp³-hybridized carbons (Fsp3) is 0.100. The summed E-state index contributed by atoms with van der Waals surface area (Å²) in [6, 6.07) is 17.0. The van der Waals surface area contributed by atoms with Crippen LogP contribution in [0.1, 0.15) is 15.2 Å². The lowest BCUT2D eigenvalue weighted by Crippen LogP contribution is -2.21. The van der Waals surface area contributed by atoms with Crippen molar-refractivity contribution in [2.45, 2.75) is 6.54 Å². The van der Waals surface area contributed by atoms with Crippen LogP contribution in [0.15, 0.2) is 64.4 Å². The highest BCUT2D eigenvalue weighted by atomic mass is 32.1. The number of benzene rings is 2.